The molecule has 4 nitrogen and oxygen atoms in total. The van der Waals surface area contributed by atoms with Gasteiger partial charge in [-0.25, -0.2) is 4.99 Å². The molecule has 0 aliphatic carbocycles. The molecule has 0 heterocycles. The molecular weight excluding hydrogens is 180 g/mol. The van der Waals surface area contributed by atoms with Crippen LogP contribution < -0.4 is 0 Å². The fourth-order valence-corrected chi connectivity index (χ4v) is 0.623. The van der Waals surface area contributed by atoms with Crippen LogP contribution in [-0.2, 0) is 9.47 Å². The minimum Gasteiger partial charge on any atom is -0.369 e. The summed E-state index contributed by atoms with van der Waals surface area (Å²) in [7, 11) is 3.75. The molecule has 0 spiro atoms. The Bertz CT molecular complexity index is 179. The summed E-state index contributed by atoms with van der Waals surface area (Å²) in [6.45, 7) is 7.91. The fraction of sp³-hybridized carbons (Fsp3) is 0.500. The number of rotatable bonds is 8. The summed E-state index contributed by atoms with van der Waals surface area (Å²) in [6, 6.07) is 0. The van der Waals surface area contributed by atoms with Crippen molar-refractivity contribution < 1.29 is 9.47 Å². The van der Waals surface area contributed by atoms with Crippen LogP contribution in [-0.4, -0.2) is 45.0 Å². The highest BCUT2D eigenvalue weighted by molar-refractivity contribution is 5.53. The van der Waals surface area contributed by atoms with Crippen LogP contribution >= 0.6 is 0 Å². The van der Waals surface area contributed by atoms with Gasteiger partial charge in [-0.1, -0.05) is 12.2 Å². The minimum atomic E-state index is -0.589. The van der Waals surface area contributed by atoms with Crippen molar-refractivity contribution in [3.8, 4) is 0 Å². The van der Waals surface area contributed by atoms with Crippen molar-refractivity contribution in [2.24, 2.45) is 4.99 Å². The zero-order valence-corrected chi connectivity index (χ0v) is 8.85. The van der Waals surface area contributed by atoms with Crippen LogP contribution in [0, 0.1) is 0 Å². The Balaban J connectivity index is 3.94. The molecule has 0 aliphatic rings. The molecule has 0 rings (SSSR count). The quantitative estimate of drug-likeness (QED) is 0.255. The summed E-state index contributed by atoms with van der Waals surface area (Å²) in [4.78, 5) is 5.87. The number of nitrogens with zero attached hydrogens (tertiary/aromatic N) is 2. The van der Waals surface area contributed by atoms with Crippen LogP contribution in [0.15, 0.2) is 30.3 Å². The molecule has 0 amide bonds. The minimum absolute atomic E-state index is 0.409. The van der Waals surface area contributed by atoms with Gasteiger partial charge in [0.25, 0.3) is 6.41 Å². The molecule has 0 bridgehead atoms. The summed E-state index contributed by atoms with van der Waals surface area (Å²) < 4.78 is 10.5. The lowest BCUT2D eigenvalue weighted by Crippen LogP contribution is -2.18. The molecule has 0 aliphatic heterocycles. The Morgan fingerprint density at radius 1 is 1.21 bits per heavy atom. The van der Waals surface area contributed by atoms with E-state index in [1.54, 1.807) is 18.5 Å². The first-order valence-electron chi connectivity index (χ1n) is 4.35. The van der Waals surface area contributed by atoms with Gasteiger partial charge in [-0.3, -0.25) is 0 Å². The van der Waals surface area contributed by atoms with Gasteiger partial charge in [0.15, 0.2) is 0 Å². The van der Waals surface area contributed by atoms with Crippen molar-refractivity contribution in [1.29, 1.82) is 0 Å². The molecule has 4 heteroatoms. The Morgan fingerprint density at radius 2 is 1.71 bits per heavy atom. The maximum absolute atomic E-state index is 5.23. The van der Waals surface area contributed by atoms with Gasteiger partial charge in [0.2, 0.25) is 0 Å². The van der Waals surface area contributed by atoms with Gasteiger partial charge in [0.05, 0.1) is 19.6 Å². The van der Waals surface area contributed by atoms with Crippen LogP contribution in [0.25, 0.3) is 0 Å². The summed E-state index contributed by atoms with van der Waals surface area (Å²) in [6.07, 6.45) is 4.34. The average Bonchev–Trinajstić information content (AvgIpc) is 2.16. The maximum atomic E-state index is 5.23. The summed E-state index contributed by atoms with van der Waals surface area (Å²) in [5.41, 5.74) is 0. The molecular formula is C10H18N2O2. The van der Waals surface area contributed by atoms with Crippen LogP contribution in [0.3, 0.4) is 0 Å². The predicted octanol–water partition coefficient (Wildman–Crippen LogP) is 1.27. The Morgan fingerprint density at radius 3 is 2.07 bits per heavy atom. The highest BCUT2D eigenvalue weighted by Gasteiger charge is 2.03. The summed E-state index contributed by atoms with van der Waals surface area (Å²) >= 11 is 0. The second kappa shape index (κ2) is 8.47. The topological polar surface area (TPSA) is 34.1 Å². The molecule has 0 fully saturated rings. The monoisotopic (exact) mass is 198 g/mol. The molecule has 0 N–H and O–H groups in total. The zero-order valence-electron chi connectivity index (χ0n) is 8.85. The molecule has 80 valence electrons. The van der Waals surface area contributed by atoms with Gasteiger partial charge in [0.1, 0.15) is 0 Å². The lowest BCUT2D eigenvalue weighted by molar-refractivity contribution is -0.120. The van der Waals surface area contributed by atoms with Gasteiger partial charge >= 0.3 is 0 Å². The van der Waals surface area contributed by atoms with E-state index in [1.165, 1.54) is 0 Å². The second-order valence-electron chi connectivity index (χ2n) is 2.78. The van der Waals surface area contributed by atoms with E-state index in [0.29, 0.717) is 13.2 Å². The van der Waals surface area contributed by atoms with E-state index in [4.69, 9.17) is 9.47 Å². The normalized spacial score (nSPS) is 10.8. The van der Waals surface area contributed by atoms with E-state index in [9.17, 15) is 0 Å². The summed E-state index contributed by atoms with van der Waals surface area (Å²) in [5.74, 6) is 0. The van der Waals surface area contributed by atoms with E-state index in [2.05, 4.69) is 18.2 Å². The number of hydrogen-bond acceptors (Lipinski definition) is 3. The van der Waals surface area contributed by atoms with Crippen molar-refractivity contribution in [3.63, 3.8) is 0 Å². The van der Waals surface area contributed by atoms with Crippen molar-refractivity contribution in [1.82, 2.24) is 4.90 Å². The molecule has 0 radical (unpaired) electrons. The van der Waals surface area contributed by atoms with Gasteiger partial charge < -0.3 is 14.4 Å². The van der Waals surface area contributed by atoms with E-state index in [0.717, 1.165) is 0 Å². The van der Waals surface area contributed by atoms with Gasteiger partial charge in [-0.15, -0.1) is 13.2 Å². The number of ether oxygens (including phenoxy) is 2. The zero-order chi connectivity index (χ0) is 10.8. The molecule has 0 aromatic carbocycles. The first kappa shape index (κ1) is 12.9. The second-order valence-corrected chi connectivity index (χ2v) is 2.78. The molecule has 0 unspecified atom stereocenters. The molecule has 0 saturated heterocycles. The molecule has 0 atom stereocenters. The molecule has 0 aromatic heterocycles. The van der Waals surface area contributed by atoms with Crippen molar-refractivity contribution in [2.75, 3.05) is 27.3 Å². The largest absolute Gasteiger partial charge is 0.369 e. The Labute approximate surface area is 85.5 Å². The lowest BCUT2D eigenvalue weighted by Gasteiger charge is -2.13. The maximum Gasteiger partial charge on any atom is 0.260 e. The standard InChI is InChI=1S/C10H18N2O2/c1-5-7-13-10(14-8-6-2)11-9-12(3)4/h5-6,9-10H,1-2,7-8H2,3-4H3. The van der Waals surface area contributed by atoms with E-state index >= 15 is 0 Å². The van der Waals surface area contributed by atoms with E-state index in [1.807, 2.05) is 19.0 Å². The summed E-state index contributed by atoms with van der Waals surface area (Å²) in [5, 5.41) is 0. The van der Waals surface area contributed by atoms with Gasteiger partial charge in [-0.05, 0) is 0 Å². The predicted molar refractivity (Wildman–Crippen MR) is 58.3 cm³/mol. The third-order valence-corrected chi connectivity index (χ3v) is 1.13. The first-order chi connectivity index (χ1) is 6.70. The Kier molecular flexibility index (Phi) is 7.78. The van der Waals surface area contributed by atoms with Crippen molar-refractivity contribution in [2.45, 2.75) is 6.41 Å². The van der Waals surface area contributed by atoms with Crippen molar-refractivity contribution >= 4 is 6.34 Å². The van der Waals surface area contributed by atoms with Crippen molar-refractivity contribution in [3.05, 3.63) is 25.3 Å². The van der Waals surface area contributed by atoms with Gasteiger partial charge in [-0.2, -0.15) is 0 Å². The lowest BCUT2D eigenvalue weighted by atomic mass is 10.7. The third-order valence-electron chi connectivity index (χ3n) is 1.13. The van der Waals surface area contributed by atoms with Crippen LogP contribution in [0.1, 0.15) is 0 Å². The van der Waals surface area contributed by atoms with Crippen LogP contribution in [0.4, 0.5) is 0 Å². The van der Waals surface area contributed by atoms with E-state index in [-0.39, 0.29) is 0 Å². The fourth-order valence-electron chi connectivity index (χ4n) is 0.623. The smallest absolute Gasteiger partial charge is 0.260 e. The van der Waals surface area contributed by atoms with Crippen LogP contribution in [0.5, 0.6) is 0 Å². The molecule has 0 aromatic rings. The first-order valence-corrected chi connectivity index (χ1v) is 4.35. The van der Waals surface area contributed by atoms with Gasteiger partial charge in [0, 0.05) is 14.1 Å². The highest BCUT2D eigenvalue weighted by Crippen LogP contribution is 1.96. The highest BCUT2D eigenvalue weighted by atomic mass is 16.7. The van der Waals surface area contributed by atoms with E-state index < -0.39 is 6.41 Å². The molecule has 0 saturated carbocycles. The number of aliphatic imine (C=N–C) groups is 1. The average molecular weight is 198 g/mol. The SMILES string of the molecule is C=CCOC(N=CN(C)C)OCC=C. The molecule has 14 heavy (non-hydrogen) atoms. The third kappa shape index (κ3) is 7.52. The number of hydrogen-bond donors (Lipinski definition) is 0. The Hall–Kier alpha value is -1.13. The van der Waals surface area contributed by atoms with Crippen LogP contribution in [0.2, 0.25) is 0 Å².